The standard InChI is InChI=1S/C11H10BrF2N5/c1-5-4-16-11(19-15)18-10(5)17-9-7(13)2-6(12)3-8(9)14/h2-4H,15H2,1H3,(H2,16,17,18,19). The molecule has 0 amide bonds. The summed E-state index contributed by atoms with van der Waals surface area (Å²) in [4.78, 5) is 7.86. The largest absolute Gasteiger partial charge is 0.335 e. The average Bonchev–Trinajstić information content (AvgIpc) is 2.35. The maximum absolute atomic E-state index is 13.7. The van der Waals surface area contributed by atoms with Crippen LogP contribution in [0.2, 0.25) is 0 Å². The summed E-state index contributed by atoms with van der Waals surface area (Å²) in [6, 6.07) is 2.31. The lowest BCUT2D eigenvalue weighted by atomic mass is 10.2. The van der Waals surface area contributed by atoms with Crippen molar-refractivity contribution in [1.29, 1.82) is 0 Å². The van der Waals surface area contributed by atoms with Crippen LogP contribution in [0.15, 0.2) is 22.8 Å². The fourth-order valence-electron chi connectivity index (χ4n) is 1.42. The highest BCUT2D eigenvalue weighted by Gasteiger charge is 2.13. The van der Waals surface area contributed by atoms with Crippen LogP contribution in [0.1, 0.15) is 5.56 Å². The van der Waals surface area contributed by atoms with Crippen LogP contribution in [-0.2, 0) is 0 Å². The van der Waals surface area contributed by atoms with E-state index in [1.807, 2.05) is 0 Å². The first-order valence-corrected chi connectivity index (χ1v) is 6.02. The number of halogens is 3. The highest BCUT2D eigenvalue weighted by atomic mass is 79.9. The van der Waals surface area contributed by atoms with Crippen molar-refractivity contribution < 1.29 is 8.78 Å². The minimum Gasteiger partial charge on any atom is -0.335 e. The van der Waals surface area contributed by atoms with Gasteiger partial charge in [0.25, 0.3) is 0 Å². The molecule has 5 nitrogen and oxygen atoms in total. The molecule has 100 valence electrons. The third kappa shape index (κ3) is 2.96. The van der Waals surface area contributed by atoms with Crippen molar-refractivity contribution in [2.75, 3.05) is 10.7 Å². The predicted molar refractivity (Wildman–Crippen MR) is 71.9 cm³/mol. The number of nitrogens with zero attached hydrogens (tertiary/aromatic N) is 2. The molecule has 0 atom stereocenters. The minimum atomic E-state index is -0.729. The second-order valence-corrected chi connectivity index (χ2v) is 4.65. The predicted octanol–water partition coefficient (Wildman–Crippen LogP) is 2.85. The van der Waals surface area contributed by atoms with Crippen LogP contribution in [-0.4, -0.2) is 9.97 Å². The molecule has 0 aliphatic heterocycles. The maximum atomic E-state index is 13.7. The fourth-order valence-corrected chi connectivity index (χ4v) is 1.82. The van der Waals surface area contributed by atoms with Gasteiger partial charge in [-0.25, -0.2) is 19.6 Å². The number of benzene rings is 1. The van der Waals surface area contributed by atoms with Gasteiger partial charge in [-0.15, -0.1) is 0 Å². The summed E-state index contributed by atoms with van der Waals surface area (Å²) >= 11 is 3.01. The summed E-state index contributed by atoms with van der Waals surface area (Å²) in [5.41, 5.74) is 2.60. The summed E-state index contributed by atoms with van der Waals surface area (Å²) in [5.74, 6) is 4.14. The molecule has 1 aromatic heterocycles. The second-order valence-electron chi connectivity index (χ2n) is 3.74. The maximum Gasteiger partial charge on any atom is 0.239 e. The molecule has 0 saturated carbocycles. The van der Waals surface area contributed by atoms with Gasteiger partial charge in [-0.2, -0.15) is 4.98 Å². The van der Waals surface area contributed by atoms with Gasteiger partial charge in [0.05, 0.1) is 0 Å². The van der Waals surface area contributed by atoms with Crippen molar-refractivity contribution in [3.05, 3.63) is 40.0 Å². The molecule has 0 spiro atoms. The van der Waals surface area contributed by atoms with Crippen LogP contribution in [0.4, 0.5) is 26.2 Å². The van der Waals surface area contributed by atoms with E-state index in [2.05, 4.69) is 36.6 Å². The summed E-state index contributed by atoms with van der Waals surface area (Å²) in [6.07, 6.45) is 1.49. The number of aromatic nitrogens is 2. The molecule has 0 aliphatic carbocycles. The zero-order valence-electron chi connectivity index (χ0n) is 9.84. The Kier molecular flexibility index (Phi) is 3.91. The van der Waals surface area contributed by atoms with E-state index in [0.29, 0.717) is 10.0 Å². The normalized spacial score (nSPS) is 10.4. The lowest BCUT2D eigenvalue weighted by Crippen LogP contribution is -2.12. The number of rotatable bonds is 3. The third-order valence-corrected chi connectivity index (χ3v) is 2.81. The van der Waals surface area contributed by atoms with Crippen molar-refractivity contribution in [2.24, 2.45) is 5.84 Å². The van der Waals surface area contributed by atoms with Gasteiger partial charge in [-0.1, -0.05) is 15.9 Å². The Balaban J connectivity index is 2.41. The fraction of sp³-hybridized carbons (Fsp3) is 0.0909. The van der Waals surface area contributed by atoms with Gasteiger partial charge in [0.2, 0.25) is 5.95 Å². The van der Waals surface area contributed by atoms with E-state index < -0.39 is 11.6 Å². The molecule has 0 saturated heterocycles. The van der Waals surface area contributed by atoms with Crippen molar-refractivity contribution >= 4 is 33.4 Å². The summed E-state index contributed by atoms with van der Waals surface area (Å²) < 4.78 is 27.7. The number of hydrogen-bond acceptors (Lipinski definition) is 5. The van der Waals surface area contributed by atoms with E-state index in [1.54, 1.807) is 6.92 Å². The minimum absolute atomic E-state index is 0.144. The van der Waals surface area contributed by atoms with Crippen LogP contribution in [0.3, 0.4) is 0 Å². The molecule has 0 radical (unpaired) electrons. The number of anilines is 3. The first kappa shape index (κ1) is 13.6. The molecule has 0 fully saturated rings. The van der Waals surface area contributed by atoms with Crippen molar-refractivity contribution in [2.45, 2.75) is 6.92 Å². The average molecular weight is 330 g/mol. The highest BCUT2D eigenvalue weighted by Crippen LogP contribution is 2.27. The molecule has 1 aromatic carbocycles. The van der Waals surface area contributed by atoms with Gasteiger partial charge >= 0.3 is 0 Å². The first-order chi connectivity index (χ1) is 9.01. The number of aryl methyl sites for hydroxylation is 1. The second kappa shape index (κ2) is 5.45. The van der Waals surface area contributed by atoms with E-state index in [9.17, 15) is 8.78 Å². The Morgan fingerprint density at radius 1 is 1.26 bits per heavy atom. The SMILES string of the molecule is Cc1cnc(NN)nc1Nc1c(F)cc(Br)cc1F. The van der Waals surface area contributed by atoms with Crippen LogP contribution in [0, 0.1) is 18.6 Å². The molecule has 2 aromatic rings. The molecular formula is C11H10BrF2N5. The number of nitrogens with one attached hydrogen (secondary N) is 2. The topological polar surface area (TPSA) is 75.9 Å². The molecule has 4 N–H and O–H groups in total. The Morgan fingerprint density at radius 3 is 2.47 bits per heavy atom. The molecule has 1 heterocycles. The van der Waals surface area contributed by atoms with Crippen LogP contribution < -0.4 is 16.6 Å². The Hall–Kier alpha value is -1.80. The lowest BCUT2D eigenvalue weighted by Gasteiger charge is -2.11. The zero-order chi connectivity index (χ0) is 14.0. The molecule has 19 heavy (non-hydrogen) atoms. The Labute approximate surface area is 116 Å². The van der Waals surface area contributed by atoms with Gasteiger partial charge in [0.15, 0.2) is 11.6 Å². The van der Waals surface area contributed by atoms with Crippen LogP contribution in [0.25, 0.3) is 0 Å². The van der Waals surface area contributed by atoms with E-state index in [-0.39, 0.29) is 17.5 Å². The van der Waals surface area contributed by atoms with Crippen molar-refractivity contribution in [1.82, 2.24) is 9.97 Å². The smallest absolute Gasteiger partial charge is 0.239 e. The van der Waals surface area contributed by atoms with E-state index in [0.717, 1.165) is 12.1 Å². The summed E-state index contributed by atoms with van der Waals surface area (Å²) in [6.45, 7) is 1.71. The quantitative estimate of drug-likeness (QED) is 0.596. The zero-order valence-corrected chi connectivity index (χ0v) is 11.4. The van der Waals surface area contributed by atoms with Gasteiger partial charge in [-0.3, -0.25) is 5.43 Å². The number of hydrazine groups is 1. The number of hydrogen-bond donors (Lipinski definition) is 3. The van der Waals surface area contributed by atoms with Crippen LogP contribution in [0.5, 0.6) is 0 Å². The molecule has 2 rings (SSSR count). The van der Waals surface area contributed by atoms with Crippen molar-refractivity contribution in [3.63, 3.8) is 0 Å². The lowest BCUT2D eigenvalue weighted by molar-refractivity contribution is 0.589. The van der Waals surface area contributed by atoms with E-state index >= 15 is 0 Å². The Morgan fingerprint density at radius 2 is 1.89 bits per heavy atom. The van der Waals surface area contributed by atoms with Crippen LogP contribution >= 0.6 is 15.9 Å². The first-order valence-electron chi connectivity index (χ1n) is 5.23. The summed E-state index contributed by atoms with van der Waals surface area (Å²) in [7, 11) is 0. The van der Waals surface area contributed by atoms with Gasteiger partial charge in [0.1, 0.15) is 11.5 Å². The molecule has 0 bridgehead atoms. The van der Waals surface area contributed by atoms with Gasteiger partial charge < -0.3 is 5.32 Å². The van der Waals surface area contributed by atoms with E-state index in [4.69, 9.17) is 5.84 Å². The molecule has 0 aliphatic rings. The highest BCUT2D eigenvalue weighted by molar-refractivity contribution is 9.10. The molecule has 8 heteroatoms. The van der Waals surface area contributed by atoms with E-state index in [1.165, 1.54) is 6.20 Å². The van der Waals surface area contributed by atoms with Crippen molar-refractivity contribution in [3.8, 4) is 0 Å². The molecule has 0 unspecified atom stereocenters. The van der Waals surface area contributed by atoms with Gasteiger partial charge in [0, 0.05) is 16.2 Å². The number of nitrogens with two attached hydrogens (primary N) is 1. The molecular weight excluding hydrogens is 320 g/mol. The number of nitrogen functional groups attached to an aromatic ring is 1. The third-order valence-electron chi connectivity index (χ3n) is 2.35. The summed E-state index contributed by atoms with van der Waals surface area (Å²) in [5, 5.41) is 2.59. The Bertz CT molecular complexity index is 597. The van der Waals surface area contributed by atoms with Gasteiger partial charge in [-0.05, 0) is 19.1 Å². The monoisotopic (exact) mass is 329 g/mol.